The monoisotopic (exact) mass is 144 g/mol. The summed E-state index contributed by atoms with van der Waals surface area (Å²) in [5.41, 5.74) is 0. The zero-order valence-electron chi connectivity index (χ0n) is 4.35. The fourth-order valence-corrected chi connectivity index (χ4v) is 0.224. The van der Waals surface area contributed by atoms with Gasteiger partial charge in [-0.15, -0.1) is 0 Å². The molecule has 0 rings (SSSR count). The van der Waals surface area contributed by atoms with Crippen molar-refractivity contribution in [2.24, 2.45) is 0 Å². The minimum absolute atomic E-state index is 0. The van der Waals surface area contributed by atoms with Gasteiger partial charge in [-0.05, 0) is 15.9 Å². The third kappa shape index (κ3) is 6.52. The molecule has 0 bridgehead atoms. The Morgan fingerprint density at radius 1 is 1.71 bits per heavy atom. The summed E-state index contributed by atoms with van der Waals surface area (Å²) in [6, 6.07) is 0. The zero-order chi connectivity index (χ0) is 4.99. The second kappa shape index (κ2) is 6.52. The minimum Gasteiger partial charge on any atom is -0.344 e. The lowest BCUT2D eigenvalue weighted by Gasteiger charge is -2.01. The van der Waals surface area contributed by atoms with Gasteiger partial charge < -0.3 is 6.15 Å². The normalized spacial score (nSPS) is 8.57. The van der Waals surface area contributed by atoms with Gasteiger partial charge in [0.1, 0.15) is 0 Å². The first kappa shape index (κ1) is 10.5. The van der Waals surface area contributed by atoms with Crippen molar-refractivity contribution in [3.63, 3.8) is 0 Å². The molecule has 3 N–H and O–H groups in total. The van der Waals surface area contributed by atoms with Gasteiger partial charge in [-0.2, -0.15) is 0 Å². The van der Waals surface area contributed by atoms with E-state index in [9.17, 15) is 0 Å². The fraction of sp³-hybridized carbons (Fsp3) is 1.00. The van der Waals surface area contributed by atoms with Crippen LogP contribution in [0.2, 0.25) is 0 Å². The van der Waals surface area contributed by atoms with Gasteiger partial charge in [0.05, 0.1) is 7.11 Å². The number of halogens is 1. The van der Waals surface area contributed by atoms with Crippen molar-refractivity contribution in [1.82, 2.24) is 10.1 Å². The SMILES string of the molecule is CON(Cl)SC.N. The van der Waals surface area contributed by atoms with Crippen LogP contribution in [-0.4, -0.2) is 17.4 Å². The summed E-state index contributed by atoms with van der Waals surface area (Å²) in [4.78, 5) is 4.46. The first-order valence-corrected chi connectivity index (χ1v) is 2.87. The van der Waals surface area contributed by atoms with Crippen LogP contribution < -0.4 is 6.15 Å². The van der Waals surface area contributed by atoms with Gasteiger partial charge in [0, 0.05) is 18.0 Å². The second-order valence-electron chi connectivity index (χ2n) is 0.578. The highest BCUT2D eigenvalue weighted by Crippen LogP contribution is 2.05. The molecular formula is C2H9ClN2OS. The summed E-state index contributed by atoms with van der Waals surface area (Å²) < 4.78 is 1.14. The van der Waals surface area contributed by atoms with E-state index in [-0.39, 0.29) is 6.15 Å². The molecular weight excluding hydrogens is 136 g/mol. The van der Waals surface area contributed by atoms with Gasteiger partial charge in [0.25, 0.3) is 0 Å². The summed E-state index contributed by atoms with van der Waals surface area (Å²) in [5.74, 6) is 0. The molecule has 0 saturated carbocycles. The molecule has 3 nitrogen and oxygen atoms in total. The van der Waals surface area contributed by atoms with Crippen molar-refractivity contribution >= 4 is 23.7 Å². The predicted molar refractivity (Wildman–Crippen MR) is 33.2 cm³/mol. The van der Waals surface area contributed by atoms with E-state index in [2.05, 4.69) is 4.84 Å². The standard InChI is InChI=1S/C2H6ClNOS.H3N/c1-5-4(3)6-2;/h1-2H3;1H3. The van der Waals surface area contributed by atoms with E-state index < -0.39 is 0 Å². The molecule has 0 aliphatic heterocycles. The molecule has 0 aromatic heterocycles. The Morgan fingerprint density at radius 2 is 2.14 bits per heavy atom. The molecule has 0 unspecified atom stereocenters. The van der Waals surface area contributed by atoms with E-state index in [0.717, 1.165) is 3.99 Å². The van der Waals surface area contributed by atoms with Crippen LogP contribution in [0.1, 0.15) is 0 Å². The van der Waals surface area contributed by atoms with E-state index in [1.54, 1.807) is 0 Å². The smallest absolute Gasteiger partial charge is 0.0601 e. The van der Waals surface area contributed by atoms with Crippen molar-refractivity contribution in [2.45, 2.75) is 0 Å². The van der Waals surface area contributed by atoms with Crippen LogP contribution in [0.5, 0.6) is 0 Å². The fourth-order valence-electron chi connectivity index (χ4n) is 0.0745. The van der Waals surface area contributed by atoms with Gasteiger partial charge in [-0.1, -0.05) is 0 Å². The maximum atomic E-state index is 5.22. The molecule has 7 heavy (non-hydrogen) atoms. The van der Waals surface area contributed by atoms with Gasteiger partial charge in [-0.3, -0.25) is 4.84 Å². The van der Waals surface area contributed by atoms with E-state index in [1.807, 2.05) is 6.26 Å². The topological polar surface area (TPSA) is 47.5 Å². The third-order valence-electron chi connectivity index (χ3n) is 0.287. The molecule has 0 aliphatic rings. The maximum absolute atomic E-state index is 5.22. The highest BCUT2D eigenvalue weighted by Gasteiger charge is 1.87. The Balaban J connectivity index is 0. The van der Waals surface area contributed by atoms with E-state index in [0.29, 0.717) is 0 Å². The molecule has 0 aromatic carbocycles. The predicted octanol–water partition coefficient (Wildman–Crippen LogP) is 1.44. The first-order chi connectivity index (χ1) is 2.81. The molecule has 0 heterocycles. The second-order valence-corrected chi connectivity index (χ2v) is 1.78. The van der Waals surface area contributed by atoms with Crippen LogP contribution >= 0.6 is 23.7 Å². The zero-order valence-corrected chi connectivity index (χ0v) is 5.92. The number of hydrogen-bond donors (Lipinski definition) is 1. The van der Waals surface area contributed by atoms with E-state index >= 15 is 0 Å². The molecule has 0 radical (unpaired) electrons. The van der Waals surface area contributed by atoms with Crippen LogP contribution in [0, 0.1) is 0 Å². The van der Waals surface area contributed by atoms with Gasteiger partial charge in [-0.25, -0.2) is 0 Å². The Bertz CT molecular complexity index is 34.9. The highest BCUT2D eigenvalue weighted by molar-refractivity contribution is 7.96. The summed E-state index contributed by atoms with van der Waals surface area (Å²) >= 11 is 6.53. The average molecular weight is 145 g/mol. The Kier molecular flexibility index (Phi) is 9.77. The van der Waals surface area contributed by atoms with Crippen LogP contribution in [-0.2, 0) is 4.84 Å². The van der Waals surface area contributed by atoms with Crippen molar-refractivity contribution in [1.29, 1.82) is 0 Å². The van der Waals surface area contributed by atoms with E-state index in [1.165, 1.54) is 19.1 Å². The lowest BCUT2D eigenvalue weighted by atomic mass is 11.7. The number of rotatable bonds is 2. The average Bonchev–Trinajstić information content (AvgIpc) is 1.65. The first-order valence-electron chi connectivity index (χ1n) is 1.35. The van der Waals surface area contributed by atoms with Crippen LogP contribution in [0.25, 0.3) is 0 Å². The molecule has 0 spiro atoms. The van der Waals surface area contributed by atoms with E-state index in [4.69, 9.17) is 11.8 Å². The molecule has 0 fully saturated rings. The van der Waals surface area contributed by atoms with Crippen LogP contribution in [0.15, 0.2) is 0 Å². The third-order valence-corrected chi connectivity index (χ3v) is 1.28. The minimum atomic E-state index is 0. The van der Waals surface area contributed by atoms with Crippen molar-refractivity contribution < 1.29 is 4.84 Å². The number of nitrogens with zero attached hydrogens (tertiary/aromatic N) is 1. The van der Waals surface area contributed by atoms with Crippen LogP contribution in [0.3, 0.4) is 0 Å². The molecule has 5 heteroatoms. The Labute approximate surface area is 52.7 Å². The molecule has 0 amide bonds. The Morgan fingerprint density at radius 3 is 2.14 bits per heavy atom. The van der Waals surface area contributed by atoms with Crippen molar-refractivity contribution in [3.8, 4) is 0 Å². The molecule has 0 aromatic rings. The van der Waals surface area contributed by atoms with Gasteiger partial charge in [0.15, 0.2) is 0 Å². The van der Waals surface area contributed by atoms with Crippen LogP contribution in [0.4, 0.5) is 0 Å². The highest BCUT2D eigenvalue weighted by atomic mass is 35.5. The summed E-state index contributed by atoms with van der Waals surface area (Å²) in [7, 11) is 1.50. The molecule has 0 saturated heterocycles. The summed E-state index contributed by atoms with van der Waals surface area (Å²) in [6.45, 7) is 0. The summed E-state index contributed by atoms with van der Waals surface area (Å²) in [6.07, 6.45) is 1.82. The largest absolute Gasteiger partial charge is 0.344 e. The van der Waals surface area contributed by atoms with Gasteiger partial charge in [0.2, 0.25) is 0 Å². The molecule has 46 valence electrons. The maximum Gasteiger partial charge on any atom is 0.0601 e. The van der Waals surface area contributed by atoms with Crippen molar-refractivity contribution in [3.05, 3.63) is 0 Å². The molecule has 0 aliphatic carbocycles. The lowest BCUT2D eigenvalue weighted by Crippen LogP contribution is -1.95. The number of hydrogen-bond acceptors (Lipinski definition) is 4. The van der Waals surface area contributed by atoms with Crippen molar-refractivity contribution in [2.75, 3.05) is 13.4 Å². The lowest BCUT2D eigenvalue weighted by molar-refractivity contribution is 0.0431. The molecule has 0 atom stereocenters. The van der Waals surface area contributed by atoms with Gasteiger partial charge >= 0.3 is 0 Å². The Hall–Kier alpha value is 0.520. The quantitative estimate of drug-likeness (QED) is 0.362. The summed E-state index contributed by atoms with van der Waals surface area (Å²) in [5, 5.41) is 0.